The van der Waals surface area contributed by atoms with Gasteiger partial charge in [-0.15, -0.1) is 0 Å². The molecule has 1 amide bonds. The van der Waals surface area contributed by atoms with E-state index in [4.69, 9.17) is 17.3 Å². The summed E-state index contributed by atoms with van der Waals surface area (Å²) in [5, 5.41) is 10.9. The van der Waals surface area contributed by atoms with Gasteiger partial charge in [-0.25, -0.2) is 4.79 Å². The van der Waals surface area contributed by atoms with E-state index in [9.17, 15) is 4.79 Å². The molecule has 1 heterocycles. The fraction of sp³-hybridized carbons (Fsp3) is 0.714. The third-order valence-electron chi connectivity index (χ3n) is 1.86. The molecule has 0 aromatic rings. The van der Waals surface area contributed by atoms with E-state index in [1.807, 2.05) is 4.90 Å². The van der Waals surface area contributed by atoms with Gasteiger partial charge in [0.2, 0.25) is 0 Å². The van der Waals surface area contributed by atoms with Gasteiger partial charge < -0.3 is 10.0 Å². The highest BCUT2D eigenvalue weighted by Crippen LogP contribution is 2.08. The maximum Gasteiger partial charge on any atom is 0.410 e. The summed E-state index contributed by atoms with van der Waals surface area (Å²) in [6.45, 7) is 1.75. The summed E-state index contributed by atoms with van der Waals surface area (Å²) < 4.78 is 0. The summed E-state index contributed by atoms with van der Waals surface area (Å²) in [7, 11) is 0. The Morgan fingerprint density at radius 1 is 1.33 bits per heavy atom. The quantitative estimate of drug-likeness (QED) is 0.557. The van der Waals surface area contributed by atoms with Crippen molar-refractivity contribution in [3.63, 3.8) is 0 Å². The zero-order chi connectivity index (χ0) is 8.97. The molecule has 0 spiro atoms. The van der Waals surface area contributed by atoms with E-state index >= 15 is 0 Å². The van der Waals surface area contributed by atoms with Gasteiger partial charge in [0.15, 0.2) is 5.11 Å². The molecule has 0 radical (unpaired) electrons. The molecule has 12 heavy (non-hydrogen) atoms. The Labute approximate surface area is 76.5 Å². The van der Waals surface area contributed by atoms with Gasteiger partial charge in [-0.2, -0.15) is 0 Å². The summed E-state index contributed by atoms with van der Waals surface area (Å²) in [6, 6.07) is 0. The molecule has 0 aliphatic carbocycles. The minimum Gasteiger partial charge on any atom is -0.465 e. The highest BCUT2D eigenvalue weighted by atomic mass is 32.1. The SMILES string of the molecule is O=C(O)NC(=S)N1CCCCC1. The Bertz CT molecular complexity index is 190. The van der Waals surface area contributed by atoms with Crippen LogP contribution >= 0.6 is 12.2 Å². The van der Waals surface area contributed by atoms with Gasteiger partial charge in [0.05, 0.1) is 0 Å². The van der Waals surface area contributed by atoms with Crippen LogP contribution in [0.5, 0.6) is 0 Å². The van der Waals surface area contributed by atoms with Crippen molar-refractivity contribution >= 4 is 23.4 Å². The first kappa shape index (κ1) is 9.25. The molecular formula is C7H12N2O2S. The molecule has 0 saturated carbocycles. The van der Waals surface area contributed by atoms with Crippen LogP contribution in [0.4, 0.5) is 4.79 Å². The predicted molar refractivity (Wildman–Crippen MR) is 49.2 cm³/mol. The normalized spacial score (nSPS) is 17.2. The van der Waals surface area contributed by atoms with Gasteiger partial charge in [0.1, 0.15) is 0 Å². The van der Waals surface area contributed by atoms with Crippen LogP contribution in [0, 0.1) is 0 Å². The lowest BCUT2D eigenvalue weighted by atomic mass is 10.1. The number of nitrogens with zero attached hydrogens (tertiary/aromatic N) is 1. The summed E-state index contributed by atoms with van der Waals surface area (Å²) in [6.07, 6.45) is 2.33. The molecule has 1 aliphatic heterocycles. The van der Waals surface area contributed by atoms with Gasteiger partial charge in [-0.05, 0) is 31.5 Å². The van der Waals surface area contributed by atoms with E-state index in [1.54, 1.807) is 0 Å². The lowest BCUT2D eigenvalue weighted by Crippen LogP contribution is -2.44. The van der Waals surface area contributed by atoms with Gasteiger partial charge in [0.25, 0.3) is 0 Å². The number of piperidine rings is 1. The van der Waals surface area contributed by atoms with Crippen molar-refractivity contribution in [3.8, 4) is 0 Å². The zero-order valence-corrected chi connectivity index (χ0v) is 7.56. The second kappa shape index (κ2) is 4.25. The molecule has 1 aliphatic rings. The van der Waals surface area contributed by atoms with Crippen molar-refractivity contribution in [2.75, 3.05) is 13.1 Å². The number of thiocarbonyl (C=S) groups is 1. The van der Waals surface area contributed by atoms with E-state index in [1.165, 1.54) is 6.42 Å². The first-order chi connectivity index (χ1) is 5.70. The standard InChI is InChI=1S/C7H12N2O2S/c10-7(11)8-6(12)9-4-2-1-3-5-9/h1-5H2,(H,8,12)(H,10,11). The Balaban J connectivity index is 2.34. The molecule has 1 fully saturated rings. The molecule has 5 heteroatoms. The van der Waals surface area contributed by atoms with E-state index in [2.05, 4.69) is 5.32 Å². The van der Waals surface area contributed by atoms with Crippen LogP contribution in [0.2, 0.25) is 0 Å². The fourth-order valence-corrected chi connectivity index (χ4v) is 1.54. The van der Waals surface area contributed by atoms with Crippen LogP contribution in [0.25, 0.3) is 0 Å². The Kier molecular flexibility index (Phi) is 3.28. The van der Waals surface area contributed by atoms with Crippen molar-refractivity contribution in [3.05, 3.63) is 0 Å². The van der Waals surface area contributed by atoms with Crippen molar-refractivity contribution in [1.29, 1.82) is 0 Å². The van der Waals surface area contributed by atoms with Crippen molar-refractivity contribution < 1.29 is 9.90 Å². The zero-order valence-electron chi connectivity index (χ0n) is 6.75. The van der Waals surface area contributed by atoms with Gasteiger partial charge >= 0.3 is 6.09 Å². The first-order valence-corrected chi connectivity index (χ1v) is 4.40. The van der Waals surface area contributed by atoms with Crippen LogP contribution in [0.1, 0.15) is 19.3 Å². The average Bonchev–Trinajstić information content (AvgIpc) is 2.05. The Morgan fingerprint density at radius 3 is 2.42 bits per heavy atom. The number of carbonyl (C=O) groups is 1. The number of rotatable bonds is 0. The predicted octanol–water partition coefficient (Wildman–Crippen LogP) is 1.02. The molecule has 0 bridgehead atoms. The number of nitrogens with one attached hydrogen (secondary N) is 1. The van der Waals surface area contributed by atoms with E-state index in [0.29, 0.717) is 5.11 Å². The first-order valence-electron chi connectivity index (χ1n) is 3.99. The Morgan fingerprint density at radius 2 is 1.92 bits per heavy atom. The highest BCUT2D eigenvalue weighted by molar-refractivity contribution is 7.80. The Hall–Kier alpha value is -0.840. The molecule has 0 aromatic carbocycles. The van der Waals surface area contributed by atoms with E-state index in [0.717, 1.165) is 25.9 Å². The summed E-state index contributed by atoms with van der Waals surface area (Å²) in [4.78, 5) is 12.1. The minimum absolute atomic E-state index is 0.335. The van der Waals surface area contributed by atoms with Crippen LogP contribution in [-0.4, -0.2) is 34.3 Å². The van der Waals surface area contributed by atoms with Crippen LogP contribution < -0.4 is 5.32 Å². The van der Waals surface area contributed by atoms with Crippen molar-refractivity contribution in [2.45, 2.75) is 19.3 Å². The van der Waals surface area contributed by atoms with Gasteiger partial charge in [-0.1, -0.05) is 0 Å². The van der Waals surface area contributed by atoms with Crippen LogP contribution in [-0.2, 0) is 0 Å². The summed E-state index contributed by atoms with van der Waals surface area (Å²) in [5.41, 5.74) is 0. The second-order valence-electron chi connectivity index (χ2n) is 2.78. The third-order valence-corrected chi connectivity index (χ3v) is 2.22. The van der Waals surface area contributed by atoms with E-state index < -0.39 is 6.09 Å². The molecule has 0 aromatic heterocycles. The maximum absolute atomic E-state index is 10.2. The van der Waals surface area contributed by atoms with Crippen molar-refractivity contribution in [1.82, 2.24) is 10.2 Å². The second-order valence-corrected chi connectivity index (χ2v) is 3.17. The van der Waals surface area contributed by atoms with Crippen molar-refractivity contribution in [2.24, 2.45) is 0 Å². The highest BCUT2D eigenvalue weighted by Gasteiger charge is 2.14. The molecule has 0 atom stereocenters. The summed E-state index contributed by atoms with van der Waals surface area (Å²) >= 11 is 4.88. The topological polar surface area (TPSA) is 52.6 Å². The van der Waals surface area contributed by atoms with Gasteiger partial charge in [0, 0.05) is 13.1 Å². The molecule has 1 saturated heterocycles. The van der Waals surface area contributed by atoms with Crippen LogP contribution in [0.15, 0.2) is 0 Å². The molecule has 0 unspecified atom stereocenters. The molecule has 4 nitrogen and oxygen atoms in total. The van der Waals surface area contributed by atoms with Crippen LogP contribution in [0.3, 0.4) is 0 Å². The third kappa shape index (κ3) is 2.65. The number of hydrogen-bond donors (Lipinski definition) is 2. The van der Waals surface area contributed by atoms with Gasteiger partial charge in [-0.3, -0.25) is 5.32 Å². The largest absolute Gasteiger partial charge is 0.465 e. The number of amides is 1. The lowest BCUT2D eigenvalue weighted by Gasteiger charge is -2.28. The number of carboxylic acid groups (broad SMARTS) is 1. The molecular weight excluding hydrogens is 176 g/mol. The summed E-state index contributed by atoms with van der Waals surface area (Å²) in [5.74, 6) is 0. The van der Waals surface area contributed by atoms with E-state index in [-0.39, 0.29) is 0 Å². The lowest BCUT2D eigenvalue weighted by molar-refractivity contribution is 0.198. The smallest absolute Gasteiger partial charge is 0.410 e. The monoisotopic (exact) mass is 188 g/mol. The fourth-order valence-electron chi connectivity index (χ4n) is 1.27. The number of hydrogen-bond acceptors (Lipinski definition) is 2. The maximum atomic E-state index is 10.2. The number of likely N-dealkylation sites (tertiary alicyclic amines) is 1. The molecule has 1 rings (SSSR count). The average molecular weight is 188 g/mol. The molecule has 2 N–H and O–H groups in total. The minimum atomic E-state index is -1.08. The molecule has 68 valence electrons.